The summed E-state index contributed by atoms with van der Waals surface area (Å²) in [5.74, 6) is 1.52. The van der Waals surface area contributed by atoms with E-state index < -0.39 is 0 Å². The van der Waals surface area contributed by atoms with Crippen LogP contribution in [0.4, 0.5) is 5.82 Å². The summed E-state index contributed by atoms with van der Waals surface area (Å²) in [4.78, 5) is 16.6. The second kappa shape index (κ2) is 9.62. The Morgan fingerprint density at radius 3 is 2.50 bits per heavy atom. The normalized spacial score (nSPS) is 14.3. The maximum atomic E-state index is 12.1. The molecular formula is C18H23Cl2N3O3. The summed E-state index contributed by atoms with van der Waals surface area (Å²) in [6.45, 7) is 4.70. The number of fused-ring (bicyclic) bond motifs is 1. The first kappa shape index (κ1) is 22.0. The molecule has 2 unspecified atom stereocenters. The van der Waals surface area contributed by atoms with E-state index in [9.17, 15) is 4.79 Å². The Morgan fingerprint density at radius 1 is 1.12 bits per heavy atom. The molecule has 0 fully saturated rings. The lowest BCUT2D eigenvalue weighted by Crippen LogP contribution is -2.34. The molecule has 142 valence electrons. The standard InChI is InChI=1S/C18H21N3O3.2ClH/c1-11(12(2)19)18(22)21-17-5-3-4-14(20-17)13-6-7-15-16(10-13)24-9-8-23-15;;/h3-7,10-12H,8-9,19H2,1-2H3,(H,20,21,22);2*1H. The number of hydrogen-bond acceptors (Lipinski definition) is 5. The SMILES string of the molecule is CC(N)C(C)C(=O)Nc1cccc(-c2ccc3c(c2)OCCO3)n1.Cl.Cl. The molecule has 1 aromatic heterocycles. The molecular weight excluding hydrogens is 377 g/mol. The molecule has 3 rings (SSSR count). The fourth-order valence-electron chi connectivity index (χ4n) is 2.35. The van der Waals surface area contributed by atoms with Gasteiger partial charge in [-0.3, -0.25) is 4.79 Å². The lowest BCUT2D eigenvalue weighted by atomic mass is 10.0. The number of carbonyl (C=O) groups excluding carboxylic acids is 1. The third-order valence-corrected chi connectivity index (χ3v) is 4.04. The molecule has 8 heteroatoms. The van der Waals surface area contributed by atoms with Crippen molar-refractivity contribution in [1.29, 1.82) is 0 Å². The van der Waals surface area contributed by atoms with Crippen LogP contribution in [0.25, 0.3) is 11.3 Å². The monoisotopic (exact) mass is 399 g/mol. The quantitative estimate of drug-likeness (QED) is 0.823. The van der Waals surface area contributed by atoms with Gasteiger partial charge in [-0.1, -0.05) is 13.0 Å². The molecule has 0 saturated heterocycles. The van der Waals surface area contributed by atoms with Crippen LogP contribution in [0, 0.1) is 5.92 Å². The van der Waals surface area contributed by atoms with Crippen LogP contribution >= 0.6 is 24.8 Å². The molecule has 0 spiro atoms. The first-order chi connectivity index (χ1) is 11.5. The van der Waals surface area contributed by atoms with E-state index in [-0.39, 0.29) is 42.7 Å². The molecule has 3 N–H and O–H groups in total. The molecule has 2 aromatic rings. The molecule has 6 nitrogen and oxygen atoms in total. The van der Waals surface area contributed by atoms with Crippen molar-refractivity contribution in [1.82, 2.24) is 4.98 Å². The number of nitrogens with two attached hydrogens (primary N) is 1. The van der Waals surface area contributed by atoms with Crippen molar-refractivity contribution in [2.24, 2.45) is 11.7 Å². The number of nitrogens with one attached hydrogen (secondary N) is 1. The number of carbonyl (C=O) groups is 1. The van der Waals surface area contributed by atoms with Crippen molar-refractivity contribution < 1.29 is 14.3 Å². The van der Waals surface area contributed by atoms with Gasteiger partial charge in [0.1, 0.15) is 19.0 Å². The average molecular weight is 400 g/mol. The predicted molar refractivity (Wildman–Crippen MR) is 107 cm³/mol. The predicted octanol–water partition coefficient (Wildman–Crippen LogP) is 3.29. The minimum absolute atomic E-state index is 0. The highest BCUT2D eigenvalue weighted by atomic mass is 35.5. The number of hydrogen-bond donors (Lipinski definition) is 2. The fourth-order valence-corrected chi connectivity index (χ4v) is 2.35. The van der Waals surface area contributed by atoms with Crippen LogP contribution in [0.15, 0.2) is 36.4 Å². The molecule has 1 amide bonds. The van der Waals surface area contributed by atoms with Gasteiger partial charge in [0, 0.05) is 11.6 Å². The van der Waals surface area contributed by atoms with Crippen molar-refractivity contribution in [2.45, 2.75) is 19.9 Å². The number of ether oxygens (including phenoxy) is 2. The number of nitrogens with zero attached hydrogens (tertiary/aromatic N) is 1. The van der Waals surface area contributed by atoms with Crippen LogP contribution in [0.5, 0.6) is 11.5 Å². The summed E-state index contributed by atoms with van der Waals surface area (Å²) in [7, 11) is 0. The molecule has 1 aromatic carbocycles. The van der Waals surface area contributed by atoms with Gasteiger partial charge in [0.2, 0.25) is 5.91 Å². The van der Waals surface area contributed by atoms with E-state index in [0.717, 1.165) is 17.0 Å². The summed E-state index contributed by atoms with van der Waals surface area (Å²) in [5, 5.41) is 2.81. The molecule has 0 bridgehead atoms. The second-order valence-corrected chi connectivity index (χ2v) is 5.90. The van der Waals surface area contributed by atoms with Gasteiger partial charge < -0.3 is 20.5 Å². The van der Waals surface area contributed by atoms with Gasteiger partial charge in [-0.2, -0.15) is 0 Å². The number of amides is 1. The van der Waals surface area contributed by atoms with Crippen LogP contribution < -0.4 is 20.5 Å². The third-order valence-electron chi connectivity index (χ3n) is 4.04. The molecule has 1 aliphatic heterocycles. The zero-order chi connectivity index (χ0) is 17.1. The van der Waals surface area contributed by atoms with Gasteiger partial charge in [-0.05, 0) is 37.3 Å². The fraction of sp³-hybridized carbons (Fsp3) is 0.333. The molecule has 26 heavy (non-hydrogen) atoms. The number of benzene rings is 1. The lowest BCUT2D eigenvalue weighted by Gasteiger charge is -2.19. The Labute approximate surface area is 165 Å². The number of anilines is 1. The number of aromatic nitrogens is 1. The molecule has 0 aliphatic carbocycles. The van der Waals surface area contributed by atoms with Crippen LogP contribution in [-0.4, -0.2) is 30.1 Å². The zero-order valence-electron chi connectivity index (χ0n) is 14.6. The number of halogens is 2. The van der Waals surface area contributed by atoms with Gasteiger partial charge in [-0.15, -0.1) is 24.8 Å². The van der Waals surface area contributed by atoms with Gasteiger partial charge in [0.05, 0.1) is 11.6 Å². The summed E-state index contributed by atoms with van der Waals surface area (Å²) < 4.78 is 11.1. The minimum Gasteiger partial charge on any atom is -0.486 e. The maximum absolute atomic E-state index is 12.1. The summed E-state index contributed by atoms with van der Waals surface area (Å²) >= 11 is 0. The summed E-state index contributed by atoms with van der Waals surface area (Å²) in [5.41, 5.74) is 7.42. The van der Waals surface area contributed by atoms with Gasteiger partial charge in [0.25, 0.3) is 0 Å². The molecule has 0 radical (unpaired) electrons. The molecule has 0 saturated carbocycles. The number of pyridine rings is 1. The van der Waals surface area contributed by atoms with Crippen molar-refractivity contribution in [3.63, 3.8) is 0 Å². The smallest absolute Gasteiger partial charge is 0.229 e. The summed E-state index contributed by atoms with van der Waals surface area (Å²) in [6, 6.07) is 11.0. The zero-order valence-corrected chi connectivity index (χ0v) is 16.2. The van der Waals surface area contributed by atoms with Crippen LogP contribution in [0.1, 0.15) is 13.8 Å². The first-order valence-electron chi connectivity index (χ1n) is 7.98. The molecule has 1 aliphatic rings. The van der Waals surface area contributed by atoms with Crippen LogP contribution in [-0.2, 0) is 4.79 Å². The maximum Gasteiger partial charge on any atom is 0.229 e. The third kappa shape index (κ3) is 5.00. The van der Waals surface area contributed by atoms with Gasteiger partial charge in [0.15, 0.2) is 11.5 Å². The van der Waals surface area contributed by atoms with Crippen molar-refractivity contribution >= 4 is 36.5 Å². The Kier molecular flexibility index (Phi) is 8.14. The Balaban J connectivity index is 0.00000169. The van der Waals surface area contributed by atoms with Crippen molar-refractivity contribution in [2.75, 3.05) is 18.5 Å². The summed E-state index contributed by atoms with van der Waals surface area (Å²) in [6.07, 6.45) is 0. The van der Waals surface area contributed by atoms with Crippen molar-refractivity contribution in [3.05, 3.63) is 36.4 Å². The van der Waals surface area contributed by atoms with E-state index in [1.54, 1.807) is 13.0 Å². The van der Waals surface area contributed by atoms with Crippen LogP contribution in [0.3, 0.4) is 0 Å². The van der Waals surface area contributed by atoms with Gasteiger partial charge >= 0.3 is 0 Å². The van der Waals surface area contributed by atoms with E-state index in [2.05, 4.69) is 10.3 Å². The van der Waals surface area contributed by atoms with Crippen LogP contribution in [0.2, 0.25) is 0 Å². The highest BCUT2D eigenvalue weighted by molar-refractivity contribution is 5.92. The Morgan fingerprint density at radius 2 is 1.81 bits per heavy atom. The molecule has 2 heterocycles. The van der Waals surface area contributed by atoms with E-state index in [0.29, 0.717) is 24.8 Å². The van der Waals surface area contributed by atoms with E-state index in [1.807, 2.05) is 37.3 Å². The average Bonchev–Trinajstić information content (AvgIpc) is 2.60. The Hall–Kier alpha value is -2.02. The van der Waals surface area contributed by atoms with Crippen molar-refractivity contribution in [3.8, 4) is 22.8 Å². The van der Waals surface area contributed by atoms with E-state index in [4.69, 9.17) is 15.2 Å². The second-order valence-electron chi connectivity index (χ2n) is 5.90. The Bertz CT molecular complexity index is 756. The number of rotatable bonds is 4. The largest absolute Gasteiger partial charge is 0.486 e. The first-order valence-corrected chi connectivity index (χ1v) is 7.98. The minimum atomic E-state index is -0.287. The topological polar surface area (TPSA) is 86.5 Å². The molecule has 2 atom stereocenters. The van der Waals surface area contributed by atoms with E-state index in [1.165, 1.54) is 0 Å². The highest BCUT2D eigenvalue weighted by Crippen LogP contribution is 2.34. The highest BCUT2D eigenvalue weighted by Gasteiger charge is 2.18. The van der Waals surface area contributed by atoms with E-state index >= 15 is 0 Å². The van der Waals surface area contributed by atoms with Gasteiger partial charge in [-0.25, -0.2) is 4.98 Å². The lowest BCUT2D eigenvalue weighted by molar-refractivity contribution is -0.119.